The first-order valence-corrected chi connectivity index (χ1v) is 8.22. The molecule has 0 saturated carbocycles. The summed E-state index contributed by atoms with van der Waals surface area (Å²) < 4.78 is 6.49. The average Bonchev–Trinajstić information content (AvgIpc) is 2.56. The van der Waals surface area contributed by atoms with Crippen molar-refractivity contribution in [2.45, 2.75) is 20.3 Å². The van der Waals surface area contributed by atoms with E-state index in [4.69, 9.17) is 4.74 Å². The number of hydrogen-bond donors (Lipinski definition) is 1. The molecule has 120 valence electrons. The average molecular weight is 375 g/mol. The topological polar surface area (TPSA) is 50.7 Å². The second-order valence-electron chi connectivity index (χ2n) is 5.08. The van der Waals surface area contributed by atoms with Crippen molar-refractivity contribution in [3.05, 3.63) is 63.6 Å². The number of aryl methyl sites for hydroxylation is 1. The molecule has 1 N–H and O–H groups in total. The van der Waals surface area contributed by atoms with Gasteiger partial charge in [-0.25, -0.2) is 5.43 Å². The van der Waals surface area contributed by atoms with Gasteiger partial charge in [0.05, 0.1) is 12.8 Å². The Morgan fingerprint density at radius 3 is 2.65 bits per heavy atom. The van der Waals surface area contributed by atoms with E-state index in [0.29, 0.717) is 12.2 Å². The van der Waals surface area contributed by atoms with Gasteiger partial charge in [0.25, 0.3) is 5.91 Å². The van der Waals surface area contributed by atoms with Crippen molar-refractivity contribution in [2.75, 3.05) is 6.61 Å². The summed E-state index contributed by atoms with van der Waals surface area (Å²) in [4.78, 5) is 12.0. The van der Waals surface area contributed by atoms with Crippen molar-refractivity contribution in [3.8, 4) is 5.75 Å². The third-order valence-corrected chi connectivity index (χ3v) is 4.02. The molecule has 2 aromatic carbocycles. The zero-order valence-corrected chi connectivity index (χ0v) is 14.8. The molecule has 0 aliphatic heterocycles. The summed E-state index contributed by atoms with van der Waals surface area (Å²) in [5, 5.41) is 3.98. The second-order valence-corrected chi connectivity index (χ2v) is 5.93. The van der Waals surface area contributed by atoms with Crippen molar-refractivity contribution < 1.29 is 9.53 Å². The van der Waals surface area contributed by atoms with Crippen LogP contribution in [0.4, 0.5) is 0 Å². The first kappa shape index (κ1) is 17.2. The highest BCUT2D eigenvalue weighted by Gasteiger charge is 2.04. The van der Waals surface area contributed by atoms with Crippen LogP contribution in [0.3, 0.4) is 0 Å². The number of nitrogens with zero attached hydrogens (tertiary/aromatic N) is 1. The molecule has 0 saturated heterocycles. The number of rotatable bonds is 6. The zero-order chi connectivity index (χ0) is 16.7. The van der Waals surface area contributed by atoms with E-state index in [9.17, 15) is 4.79 Å². The Morgan fingerprint density at radius 2 is 2.00 bits per heavy atom. The molecular weight excluding hydrogens is 356 g/mol. The summed E-state index contributed by atoms with van der Waals surface area (Å²) in [6.45, 7) is 4.73. The first-order valence-electron chi connectivity index (χ1n) is 7.42. The predicted octanol–water partition coefficient (Wildman–Crippen LogP) is 4.31. The van der Waals surface area contributed by atoms with Crippen LogP contribution in [0.15, 0.2) is 52.0 Å². The van der Waals surface area contributed by atoms with Crippen LogP contribution in [0.5, 0.6) is 5.75 Å². The SMILES string of the molecule is CCCOc1ccc(C(=O)N/N=C/c2ccc(C)c(Br)c2)cc1. The van der Waals surface area contributed by atoms with Crippen LogP contribution in [0, 0.1) is 6.92 Å². The molecule has 2 rings (SSSR count). The van der Waals surface area contributed by atoms with Crippen LogP contribution in [0.2, 0.25) is 0 Å². The highest BCUT2D eigenvalue weighted by atomic mass is 79.9. The number of halogens is 1. The molecule has 5 heteroatoms. The monoisotopic (exact) mass is 374 g/mol. The molecule has 2 aromatic rings. The molecule has 0 aliphatic carbocycles. The van der Waals surface area contributed by atoms with Gasteiger partial charge in [0, 0.05) is 10.0 Å². The van der Waals surface area contributed by atoms with Gasteiger partial charge in [-0.3, -0.25) is 4.79 Å². The molecule has 1 amide bonds. The maximum Gasteiger partial charge on any atom is 0.271 e. The number of amides is 1. The number of ether oxygens (including phenoxy) is 1. The van der Waals surface area contributed by atoms with Gasteiger partial charge in [-0.1, -0.05) is 35.0 Å². The predicted molar refractivity (Wildman–Crippen MR) is 96.2 cm³/mol. The molecule has 0 aliphatic rings. The van der Waals surface area contributed by atoms with Gasteiger partial charge < -0.3 is 4.74 Å². The largest absolute Gasteiger partial charge is 0.494 e. The first-order chi connectivity index (χ1) is 11.1. The Labute approximate surface area is 144 Å². The fourth-order valence-electron chi connectivity index (χ4n) is 1.84. The highest BCUT2D eigenvalue weighted by molar-refractivity contribution is 9.10. The number of carbonyl (C=O) groups is 1. The molecular formula is C18H19BrN2O2. The maximum absolute atomic E-state index is 12.0. The van der Waals surface area contributed by atoms with Gasteiger partial charge >= 0.3 is 0 Å². The lowest BCUT2D eigenvalue weighted by atomic mass is 10.2. The third-order valence-electron chi connectivity index (χ3n) is 3.16. The molecule has 0 fully saturated rings. The Bertz CT molecular complexity index is 697. The standard InChI is InChI=1S/C18H19BrN2O2/c1-3-10-23-16-8-6-15(7-9-16)18(22)21-20-12-14-5-4-13(2)17(19)11-14/h4-9,11-12H,3,10H2,1-2H3,(H,21,22)/b20-12+. The lowest BCUT2D eigenvalue weighted by molar-refractivity contribution is 0.0955. The van der Waals surface area contributed by atoms with Gasteiger partial charge in [-0.05, 0) is 54.8 Å². The summed E-state index contributed by atoms with van der Waals surface area (Å²) in [6, 6.07) is 12.9. The molecule has 23 heavy (non-hydrogen) atoms. The fourth-order valence-corrected chi connectivity index (χ4v) is 2.24. The molecule has 0 aromatic heterocycles. The third kappa shape index (κ3) is 5.21. The molecule has 0 radical (unpaired) electrons. The van der Waals surface area contributed by atoms with Crippen LogP contribution in [0.1, 0.15) is 34.8 Å². The molecule has 0 atom stereocenters. The van der Waals surface area contributed by atoms with Crippen LogP contribution < -0.4 is 10.2 Å². The summed E-state index contributed by atoms with van der Waals surface area (Å²) in [5.41, 5.74) is 5.11. The van der Waals surface area contributed by atoms with E-state index in [1.54, 1.807) is 30.5 Å². The van der Waals surface area contributed by atoms with E-state index in [1.165, 1.54) is 0 Å². The van der Waals surface area contributed by atoms with Crippen molar-refractivity contribution in [3.63, 3.8) is 0 Å². The lowest BCUT2D eigenvalue weighted by Gasteiger charge is -2.05. The van der Waals surface area contributed by atoms with Crippen LogP contribution >= 0.6 is 15.9 Å². The van der Waals surface area contributed by atoms with E-state index in [1.807, 2.05) is 32.0 Å². The van der Waals surface area contributed by atoms with Crippen molar-refractivity contribution in [2.24, 2.45) is 5.10 Å². The van der Waals surface area contributed by atoms with E-state index < -0.39 is 0 Å². The second kappa shape index (κ2) is 8.48. The minimum atomic E-state index is -0.255. The summed E-state index contributed by atoms with van der Waals surface area (Å²) in [7, 11) is 0. The molecule has 4 nitrogen and oxygen atoms in total. The lowest BCUT2D eigenvalue weighted by Crippen LogP contribution is -2.17. The van der Waals surface area contributed by atoms with E-state index >= 15 is 0 Å². The number of hydrazone groups is 1. The quantitative estimate of drug-likeness (QED) is 0.604. The fraction of sp³-hybridized carbons (Fsp3) is 0.222. The summed E-state index contributed by atoms with van der Waals surface area (Å²) in [5.74, 6) is 0.505. The number of hydrogen-bond acceptors (Lipinski definition) is 3. The van der Waals surface area contributed by atoms with Crippen molar-refractivity contribution >= 4 is 28.1 Å². The van der Waals surface area contributed by atoms with Gasteiger partial charge in [-0.2, -0.15) is 5.10 Å². The smallest absolute Gasteiger partial charge is 0.271 e. The number of benzene rings is 2. The number of nitrogens with one attached hydrogen (secondary N) is 1. The van der Waals surface area contributed by atoms with E-state index in [-0.39, 0.29) is 5.91 Å². The van der Waals surface area contributed by atoms with Crippen molar-refractivity contribution in [1.82, 2.24) is 5.43 Å². The minimum absolute atomic E-state index is 0.255. The molecule has 0 spiro atoms. The Balaban J connectivity index is 1.93. The maximum atomic E-state index is 12.0. The van der Waals surface area contributed by atoms with Crippen LogP contribution in [-0.2, 0) is 0 Å². The minimum Gasteiger partial charge on any atom is -0.494 e. The van der Waals surface area contributed by atoms with E-state index in [0.717, 1.165) is 27.8 Å². The number of carbonyl (C=O) groups excluding carboxylic acids is 1. The Hall–Kier alpha value is -2.14. The Morgan fingerprint density at radius 1 is 1.26 bits per heavy atom. The van der Waals surface area contributed by atoms with Gasteiger partial charge in [-0.15, -0.1) is 0 Å². The van der Waals surface area contributed by atoms with Crippen molar-refractivity contribution in [1.29, 1.82) is 0 Å². The molecule has 0 heterocycles. The summed E-state index contributed by atoms with van der Waals surface area (Å²) in [6.07, 6.45) is 2.56. The molecule has 0 unspecified atom stereocenters. The zero-order valence-electron chi connectivity index (χ0n) is 13.2. The van der Waals surface area contributed by atoms with Crippen LogP contribution in [0.25, 0.3) is 0 Å². The van der Waals surface area contributed by atoms with E-state index in [2.05, 4.69) is 26.5 Å². The molecule has 0 bridgehead atoms. The Kier molecular flexibility index (Phi) is 6.35. The van der Waals surface area contributed by atoms with Gasteiger partial charge in [0.1, 0.15) is 5.75 Å². The highest BCUT2D eigenvalue weighted by Crippen LogP contribution is 2.16. The van der Waals surface area contributed by atoms with Gasteiger partial charge in [0.15, 0.2) is 0 Å². The van der Waals surface area contributed by atoms with Crippen LogP contribution in [-0.4, -0.2) is 18.7 Å². The summed E-state index contributed by atoms with van der Waals surface area (Å²) >= 11 is 3.47. The van der Waals surface area contributed by atoms with Gasteiger partial charge in [0.2, 0.25) is 0 Å². The normalized spacial score (nSPS) is 10.7.